The number of unbranched alkanes of at least 4 members (excludes halogenated alkanes) is 1. The number of aryl methyl sites for hydroxylation is 1. The van der Waals surface area contributed by atoms with Crippen LogP contribution in [-0.2, 0) is 6.54 Å². The Bertz CT molecular complexity index is 342. The van der Waals surface area contributed by atoms with Crippen LogP contribution in [0.5, 0.6) is 0 Å². The molecule has 0 heterocycles. The molecule has 3 N–H and O–H groups in total. The molecule has 2 nitrogen and oxygen atoms in total. The van der Waals surface area contributed by atoms with Crippen molar-refractivity contribution in [1.29, 1.82) is 0 Å². The minimum atomic E-state index is -0.205. The quantitative estimate of drug-likeness (QED) is 0.755. The highest BCUT2D eigenvalue weighted by Gasteiger charge is 2.05. The summed E-state index contributed by atoms with van der Waals surface area (Å²) in [7, 11) is 0. The fraction of sp³-hybridized carbons (Fsp3) is 0.500. The van der Waals surface area contributed by atoms with E-state index < -0.39 is 0 Å². The van der Waals surface area contributed by atoms with Crippen molar-refractivity contribution in [2.24, 2.45) is 5.73 Å². The molecule has 0 aromatic heterocycles. The molecule has 0 unspecified atom stereocenters. The fourth-order valence-corrected chi connectivity index (χ4v) is 1.73. The average molecular weight is 245 g/mol. The molecule has 1 aromatic carbocycles. The fourth-order valence-electron chi connectivity index (χ4n) is 1.44. The summed E-state index contributed by atoms with van der Waals surface area (Å²) in [5.74, 6) is -0.205. The van der Waals surface area contributed by atoms with E-state index in [1.54, 1.807) is 13.0 Å². The maximum atomic E-state index is 13.3. The molecule has 4 heteroatoms. The van der Waals surface area contributed by atoms with Gasteiger partial charge in [0.05, 0.1) is 0 Å². The summed E-state index contributed by atoms with van der Waals surface area (Å²) >= 11 is 6.01. The molecule has 0 fully saturated rings. The second-order valence-corrected chi connectivity index (χ2v) is 4.27. The first-order chi connectivity index (χ1) is 7.65. The molecular weight excluding hydrogens is 227 g/mol. The van der Waals surface area contributed by atoms with Gasteiger partial charge in [0.2, 0.25) is 0 Å². The van der Waals surface area contributed by atoms with Gasteiger partial charge in [0, 0.05) is 11.6 Å². The van der Waals surface area contributed by atoms with Crippen molar-refractivity contribution in [3.63, 3.8) is 0 Å². The summed E-state index contributed by atoms with van der Waals surface area (Å²) < 4.78 is 13.3. The van der Waals surface area contributed by atoms with Crippen molar-refractivity contribution in [2.75, 3.05) is 13.1 Å². The van der Waals surface area contributed by atoms with Crippen molar-refractivity contribution in [2.45, 2.75) is 26.3 Å². The molecule has 0 bridgehead atoms. The molecule has 1 aromatic rings. The Labute approximate surface area is 101 Å². The van der Waals surface area contributed by atoms with Gasteiger partial charge in [-0.25, -0.2) is 4.39 Å². The molecule has 0 amide bonds. The van der Waals surface area contributed by atoms with Crippen molar-refractivity contribution in [3.05, 3.63) is 34.1 Å². The van der Waals surface area contributed by atoms with Gasteiger partial charge in [-0.1, -0.05) is 11.6 Å². The maximum absolute atomic E-state index is 13.3. The van der Waals surface area contributed by atoms with Crippen LogP contribution in [-0.4, -0.2) is 13.1 Å². The number of benzene rings is 1. The van der Waals surface area contributed by atoms with E-state index in [-0.39, 0.29) is 5.82 Å². The standard InChI is InChI=1S/C12H18ClFN2/c1-9-6-11(13)10(7-12(9)14)8-16-5-3-2-4-15/h6-7,16H,2-5,8,15H2,1H3. The third-order valence-corrected chi connectivity index (χ3v) is 2.80. The summed E-state index contributed by atoms with van der Waals surface area (Å²) in [4.78, 5) is 0. The molecule has 0 radical (unpaired) electrons. The Morgan fingerprint density at radius 1 is 1.38 bits per heavy atom. The van der Waals surface area contributed by atoms with Gasteiger partial charge in [0.15, 0.2) is 0 Å². The first kappa shape index (κ1) is 13.4. The molecule has 0 aliphatic heterocycles. The van der Waals surface area contributed by atoms with E-state index in [0.29, 0.717) is 23.7 Å². The van der Waals surface area contributed by atoms with Crippen LogP contribution in [0.3, 0.4) is 0 Å². The number of halogens is 2. The molecular formula is C12H18ClFN2. The zero-order valence-electron chi connectivity index (χ0n) is 9.52. The van der Waals surface area contributed by atoms with Crippen molar-refractivity contribution in [1.82, 2.24) is 5.32 Å². The third-order valence-electron chi connectivity index (χ3n) is 2.45. The van der Waals surface area contributed by atoms with Gasteiger partial charge in [-0.2, -0.15) is 0 Å². The summed E-state index contributed by atoms with van der Waals surface area (Å²) in [6.07, 6.45) is 2.03. The monoisotopic (exact) mass is 244 g/mol. The predicted molar refractivity (Wildman–Crippen MR) is 66.1 cm³/mol. The van der Waals surface area contributed by atoms with E-state index in [1.807, 2.05) is 0 Å². The van der Waals surface area contributed by atoms with E-state index >= 15 is 0 Å². The highest BCUT2D eigenvalue weighted by Crippen LogP contribution is 2.20. The number of hydrogen-bond acceptors (Lipinski definition) is 2. The van der Waals surface area contributed by atoms with Crippen LogP contribution in [0.15, 0.2) is 12.1 Å². The Morgan fingerprint density at radius 2 is 2.12 bits per heavy atom. The zero-order valence-corrected chi connectivity index (χ0v) is 10.3. The lowest BCUT2D eigenvalue weighted by Crippen LogP contribution is -2.16. The van der Waals surface area contributed by atoms with Crippen LogP contribution in [0, 0.1) is 12.7 Å². The van der Waals surface area contributed by atoms with Gasteiger partial charge < -0.3 is 11.1 Å². The van der Waals surface area contributed by atoms with E-state index in [2.05, 4.69) is 5.32 Å². The van der Waals surface area contributed by atoms with Crippen LogP contribution in [0.25, 0.3) is 0 Å². The van der Waals surface area contributed by atoms with Crippen LogP contribution in [0.1, 0.15) is 24.0 Å². The number of rotatable bonds is 6. The Morgan fingerprint density at radius 3 is 2.81 bits per heavy atom. The number of nitrogens with one attached hydrogen (secondary N) is 1. The highest BCUT2D eigenvalue weighted by atomic mass is 35.5. The van der Waals surface area contributed by atoms with Gasteiger partial charge >= 0.3 is 0 Å². The van der Waals surface area contributed by atoms with E-state index in [0.717, 1.165) is 24.9 Å². The summed E-state index contributed by atoms with van der Waals surface area (Å²) in [5.41, 5.74) is 6.77. The molecule has 90 valence electrons. The molecule has 16 heavy (non-hydrogen) atoms. The second kappa shape index (κ2) is 6.84. The molecule has 0 spiro atoms. The van der Waals surface area contributed by atoms with Crippen molar-refractivity contribution < 1.29 is 4.39 Å². The summed E-state index contributed by atoms with van der Waals surface area (Å²) in [6.45, 7) is 3.89. The Hall–Kier alpha value is -0.640. The van der Waals surface area contributed by atoms with Crippen molar-refractivity contribution >= 4 is 11.6 Å². The zero-order chi connectivity index (χ0) is 12.0. The van der Waals surface area contributed by atoms with E-state index in [4.69, 9.17) is 17.3 Å². The van der Waals surface area contributed by atoms with Gasteiger partial charge in [-0.3, -0.25) is 0 Å². The highest BCUT2D eigenvalue weighted by molar-refractivity contribution is 6.31. The predicted octanol–water partition coefficient (Wildman–Crippen LogP) is 2.62. The first-order valence-electron chi connectivity index (χ1n) is 5.50. The third kappa shape index (κ3) is 4.08. The Balaban J connectivity index is 2.45. The molecule has 0 saturated heterocycles. The minimum absolute atomic E-state index is 0.205. The Kier molecular flexibility index (Phi) is 5.74. The largest absolute Gasteiger partial charge is 0.330 e. The van der Waals surface area contributed by atoms with Crippen LogP contribution in [0.2, 0.25) is 5.02 Å². The van der Waals surface area contributed by atoms with Gasteiger partial charge in [0.1, 0.15) is 5.82 Å². The van der Waals surface area contributed by atoms with Crippen molar-refractivity contribution in [3.8, 4) is 0 Å². The molecule has 0 aliphatic rings. The second-order valence-electron chi connectivity index (χ2n) is 3.87. The number of hydrogen-bond donors (Lipinski definition) is 2. The lowest BCUT2D eigenvalue weighted by molar-refractivity contribution is 0.604. The summed E-state index contributed by atoms with van der Waals surface area (Å²) in [5, 5.41) is 3.83. The van der Waals surface area contributed by atoms with Crippen LogP contribution >= 0.6 is 11.6 Å². The van der Waals surface area contributed by atoms with Crippen LogP contribution in [0.4, 0.5) is 4.39 Å². The van der Waals surface area contributed by atoms with Gasteiger partial charge in [-0.15, -0.1) is 0 Å². The SMILES string of the molecule is Cc1cc(Cl)c(CNCCCCN)cc1F. The topological polar surface area (TPSA) is 38.0 Å². The average Bonchev–Trinajstić information content (AvgIpc) is 2.25. The van der Waals surface area contributed by atoms with E-state index in [1.165, 1.54) is 6.07 Å². The molecule has 0 aliphatic carbocycles. The molecule has 0 saturated carbocycles. The number of nitrogens with two attached hydrogens (primary N) is 1. The first-order valence-corrected chi connectivity index (χ1v) is 5.88. The molecule has 0 atom stereocenters. The van der Waals surface area contributed by atoms with Gasteiger partial charge in [0.25, 0.3) is 0 Å². The minimum Gasteiger partial charge on any atom is -0.330 e. The lowest BCUT2D eigenvalue weighted by Gasteiger charge is -2.08. The lowest BCUT2D eigenvalue weighted by atomic mass is 10.1. The molecule has 1 rings (SSSR count). The summed E-state index contributed by atoms with van der Waals surface area (Å²) in [6, 6.07) is 3.15. The normalized spacial score (nSPS) is 10.8. The smallest absolute Gasteiger partial charge is 0.126 e. The maximum Gasteiger partial charge on any atom is 0.126 e. The van der Waals surface area contributed by atoms with E-state index in [9.17, 15) is 4.39 Å². The van der Waals surface area contributed by atoms with Gasteiger partial charge in [-0.05, 0) is 56.1 Å². The van der Waals surface area contributed by atoms with Crippen LogP contribution < -0.4 is 11.1 Å².